The summed E-state index contributed by atoms with van der Waals surface area (Å²) in [6.45, 7) is 0.882. The number of nitrogens with one attached hydrogen (secondary N) is 2. The van der Waals surface area contributed by atoms with Crippen LogP contribution >= 0.6 is 0 Å². The highest BCUT2D eigenvalue weighted by molar-refractivity contribution is 5.80. The van der Waals surface area contributed by atoms with Crippen LogP contribution < -0.4 is 10.6 Å². The van der Waals surface area contributed by atoms with E-state index in [1.54, 1.807) is 6.20 Å². The summed E-state index contributed by atoms with van der Waals surface area (Å²) in [5.41, 5.74) is 2.39. The summed E-state index contributed by atoms with van der Waals surface area (Å²) in [7, 11) is 1.82. The fourth-order valence-corrected chi connectivity index (χ4v) is 2.18. The molecule has 110 valence electrons. The van der Waals surface area contributed by atoms with Gasteiger partial charge in [-0.25, -0.2) is 4.68 Å². The van der Waals surface area contributed by atoms with Crippen molar-refractivity contribution in [3.05, 3.63) is 48.3 Å². The molecule has 2 aromatic rings. The van der Waals surface area contributed by atoms with Gasteiger partial charge in [0.25, 0.3) is 0 Å². The van der Waals surface area contributed by atoms with Crippen molar-refractivity contribution < 1.29 is 0 Å². The van der Waals surface area contributed by atoms with Gasteiger partial charge in [-0.3, -0.25) is 4.99 Å². The third kappa shape index (κ3) is 3.84. The molecule has 1 fully saturated rings. The Bertz CT molecular complexity index is 582. The maximum Gasteiger partial charge on any atom is 0.191 e. The number of benzene rings is 1. The normalized spacial score (nSPS) is 15.0. The standard InChI is InChI=1S/C16H21N5/c1-17-16(20-14-5-6-14)18-11-9-13-3-7-15(8-4-13)21-12-2-10-19-21/h2-4,7-8,10,12,14H,5-6,9,11H2,1H3,(H2,17,18,20). The van der Waals surface area contributed by atoms with Crippen molar-refractivity contribution in [2.45, 2.75) is 25.3 Å². The Morgan fingerprint density at radius 1 is 1.33 bits per heavy atom. The van der Waals surface area contributed by atoms with Gasteiger partial charge in [-0.1, -0.05) is 12.1 Å². The van der Waals surface area contributed by atoms with Gasteiger partial charge in [0.05, 0.1) is 5.69 Å². The minimum absolute atomic E-state index is 0.629. The van der Waals surface area contributed by atoms with E-state index in [0.717, 1.165) is 24.6 Å². The van der Waals surface area contributed by atoms with Crippen molar-refractivity contribution >= 4 is 5.96 Å². The molecular weight excluding hydrogens is 262 g/mol. The Hall–Kier alpha value is -2.30. The molecule has 0 bridgehead atoms. The second kappa shape index (κ2) is 6.43. The van der Waals surface area contributed by atoms with E-state index in [-0.39, 0.29) is 0 Å². The van der Waals surface area contributed by atoms with Crippen molar-refractivity contribution in [3.63, 3.8) is 0 Å². The minimum atomic E-state index is 0.629. The molecule has 1 saturated carbocycles. The highest BCUT2D eigenvalue weighted by atomic mass is 15.3. The average molecular weight is 283 g/mol. The summed E-state index contributed by atoms with van der Waals surface area (Å²) < 4.78 is 1.86. The van der Waals surface area contributed by atoms with Crippen LogP contribution in [0.15, 0.2) is 47.7 Å². The van der Waals surface area contributed by atoms with Gasteiger partial charge in [-0.05, 0) is 43.0 Å². The van der Waals surface area contributed by atoms with Crippen LogP contribution in [0, 0.1) is 0 Å². The zero-order valence-corrected chi connectivity index (χ0v) is 12.3. The smallest absolute Gasteiger partial charge is 0.191 e. The number of nitrogens with zero attached hydrogens (tertiary/aromatic N) is 3. The molecule has 5 heteroatoms. The van der Waals surface area contributed by atoms with Crippen molar-refractivity contribution in [3.8, 4) is 5.69 Å². The number of aliphatic imine (C=N–C) groups is 1. The van der Waals surface area contributed by atoms with Crippen LogP contribution in [-0.4, -0.2) is 35.4 Å². The van der Waals surface area contributed by atoms with Gasteiger partial charge in [0.2, 0.25) is 0 Å². The van der Waals surface area contributed by atoms with Crippen molar-refractivity contribution in [1.29, 1.82) is 0 Å². The zero-order chi connectivity index (χ0) is 14.5. The molecule has 0 atom stereocenters. The number of rotatable bonds is 5. The van der Waals surface area contributed by atoms with E-state index in [9.17, 15) is 0 Å². The van der Waals surface area contributed by atoms with Crippen molar-refractivity contribution in [2.24, 2.45) is 4.99 Å². The average Bonchev–Trinajstić information content (AvgIpc) is 3.16. The summed E-state index contributed by atoms with van der Waals surface area (Å²) >= 11 is 0. The van der Waals surface area contributed by atoms with Crippen molar-refractivity contribution in [1.82, 2.24) is 20.4 Å². The first-order valence-electron chi connectivity index (χ1n) is 7.41. The highest BCUT2D eigenvalue weighted by Gasteiger charge is 2.21. The molecule has 0 saturated heterocycles. The molecule has 5 nitrogen and oxygen atoms in total. The second-order valence-corrected chi connectivity index (χ2v) is 5.28. The molecule has 1 aromatic heterocycles. The van der Waals surface area contributed by atoms with Gasteiger partial charge in [-0.15, -0.1) is 0 Å². The fourth-order valence-electron chi connectivity index (χ4n) is 2.18. The van der Waals surface area contributed by atoms with Crippen molar-refractivity contribution in [2.75, 3.05) is 13.6 Å². The Kier molecular flexibility index (Phi) is 4.19. The molecule has 1 aliphatic carbocycles. The Morgan fingerprint density at radius 2 is 2.14 bits per heavy atom. The molecule has 0 spiro atoms. The Labute approximate surface area is 125 Å². The van der Waals surface area contributed by atoms with Gasteiger partial charge in [-0.2, -0.15) is 5.10 Å². The largest absolute Gasteiger partial charge is 0.356 e. The van der Waals surface area contributed by atoms with Gasteiger partial charge >= 0.3 is 0 Å². The molecule has 3 rings (SSSR count). The van der Waals surface area contributed by atoms with E-state index < -0.39 is 0 Å². The summed E-state index contributed by atoms with van der Waals surface area (Å²) in [5, 5.41) is 11.0. The number of hydrogen-bond donors (Lipinski definition) is 2. The summed E-state index contributed by atoms with van der Waals surface area (Å²) in [6, 6.07) is 11.0. The maximum atomic E-state index is 4.23. The maximum absolute atomic E-state index is 4.23. The SMILES string of the molecule is CN=C(NCCc1ccc(-n2cccn2)cc1)NC1CC1. The molecule has 21 heavy (non-hydrogen) atoms. The first kappa shape index (κ1) is 13.7. The van der Waals surface area contributed by atoms with Gasteiger partial charge in [0.15, 0.2) is 5.96 Å². The van der Waals surface area contributed by atoms with Gasteiger partial charge < -0.3 is 10.6 Å². The molecule has 1 aliphatic rings. The third-order valence-electron chi connectivity index (χ3n) is 3.55. The van der Waals surface area contributed by atoms with Crippen LogP contribution in [0.3, 0.4) is 0 Å². The van der Waals surface area contributed by atoms with E-state index in [4.69, 9.17) is 0 Å². The summed E-state index contributed by atoms with van der Waals surface area (Å²) in [4.78, 5) is 4.23. The predicted octanol–water partition coefficient (Wildman–Crippen LogP) is 1.74. The Morgan fingerprint density at radius 3 is 2.76 bits per heavy atom. The van der Waals surface area contributed by atoms with Crippen LogP contribution in [0.1, 0.15) is 18.4 Å². The molecule has 2 N–H and O–H groups in total. The number of aromatic nitrogens is 2. The minimum Gasteiger partial charge on any atom is -0.356 e. The van der Waals surface area contributed by atoms with E-state index >= 15 is 0 Å². The number of hydrogen-bond acceptors (Lipinski definition) is 2. The molecule has 1 heterocycles. The monoisotopic (exact) mass is 283 g/mol. The molecule has 0 unspecified atom stereocenters. The summed E-state index contributed by atoms with van der Waals surface area (Å²) in [5.74, 6) is 0.908. The molecule has 0 amide bonds. The second-order valence-electron chi connectivity index (χ2n) is 5.28. The van der Waals surface area contributed by atoms with Crippen LogP contribution in [0.4, 0.5) is 0 Å². The van der Waals surface area contributed by atoms with E-state index in [1.165, 1.54) is 18.4 Å². The van der Waals surface area contributed by atoms with E-state index in [2.05, 4.69) is 45.0 Å². The number of guanidine groups is 1. The first-order valence-corrected chi connectivity index (χ1v) is 7.41. The zero-order valence-electron chi connectivity index (χ0n) is 12.3. The molecule has 1 aromatic carbocycles. The topological polar surface area (TPSA) is 54.2 Å². The van der Waals surface area contributed by atoms with E-state index in [0.29, 0.717) is 6.04 Å². The lowest BCUT2D eigenvalue weighted by Gasteiger charge is -2.11. The highest BCUT2D eigenvalue weighted by Crippen LogP contribution is 2.18. The summed E-state index contributed by atoms with van der Waals surface area (Å²) in [6.07, 6.45) is 7.23. The molecule has 0 radical (unpaired) electrons. The van der Waals surface area contributed by atoms with Crippen LogP contribution in [0.25, 0.3) is 5.69 Å². The molecular formula is C16H21N5. The fraction of sp³-hybridized carbons (Fsp3) is 0.375. The lowest BCUT2D eigenvalue weighted by Crippen LogP contribution is -2.39. The molecule has 0 aliphatic heterocycles. The van der Waals surface area contributed by atoms with E-state index in [1.807, 2.05) is 24.0 Å². The van der Waals surface area contributed by atoms with Crippen LogP contribution in [-0.2, 0) is 6.42 Å². The predicted molar refractivity (Wildman–Crippen MR) is 84.8 cm³/mol. The lowest BCUT2D eigenvalue weighted by atomic mass is 10.1. The first-order chi connectivity index (χ1) is 10.3. The third-order valence-corrected chi connectivity index (χ3v) is 3.55. The van der Waals surface area contributed by atoms with Crippen LogP contribution in [0.2, 0.25) is 0 Å². The Balaban J connectivity index is 1.49. The van der Waals surface area contributed by atoms with Crippen LogP contribution in [0.5, 0.6) is 0 Å². The lowest BCUT2D eigenvalue weighted by molar-refractivity contribution is 0.791. The van der Waals surface area contributed by atoms with Gasteiger partial charge in [0, 0.05) is 32.0 Å². The van der Waals surface area contributed by atoms with Gasteiger partial charge in [0.1, 0.15) is 0 Å². The quantitative estimate of drug-likeness (QED) is 0.649.